The van der Waals surface area contributed by atoms with Crippen molar-refractivity contribution in [1.82, 2.24) is 0 Å². The van der Waals surface area contributed by atoms with Gasteiger partial charge in [-0.25, -0.2) is 10.0 Å². The highest BCUT2D eigenvalue weighted by atomic mass is 32.3. The Bertz CT molecular complexity index is 636. The van der Waals surface area contributed by atoms with Gasteiger partial charge in [-0.1, -0.05) is 19.1 Å². The van der Waals surface area contributed by atoms with E-state index in [0.717, 1.165) is 37.2 Å². The van der Waals surface area contributed by atoms with Crippen molar-refractivity contribution in [2.45, 2.75) is 112 Å². The molecule has 0 N–H and O–H groups in total. The lowest BCUT2D eigenvalue weighted by Crippen LogP contribution is -2.44. The molecule has 0 radical (unpaired) electrons. The summed E-state index contributed by atoms with van der Waals surface area (Å²) in [6, 6.07) is 1.45. The quantitative estimate of drug-likeness (QED) is 0.205. The zero-order valence-corrected chi connectivity index (χ0v) is 22.5. The average Bonchev–Trinajstić information content (AvgIpc) is 3.65. The van der Waals surface area contributed by atoms with E-state index < -0.39 is 18.1 Å². The number of ether oxygens (including phenoxy) is 3. The fourth-order valence-corrected chi connectivity index (χ4v) is 14.4. The largest absolute Gasteiger partial charge is 0.379 e. The van der Waals surface area contributed by atoms with Gasteiger partial charge in [0.1, 0.15) is 6.10 Å². The highest BCUT2D eigenvalue weighted by Crippen LogP contribution is 2.69. The summed E-state index contributed by atoms with van der Waals surface area (Å²) in [5, 5.41) is 0. The molecular weight excluding hydrogens is 420 g/mol. The minimum atomic E-state index is -1.21. The molecular formula is C26H48O3SSi. The molecule has 5 rings (SSSR count). The minimum Gasteiger partial charge on any atom is -0.379 e. The van der Waals surface area contributed by atoms with Crippen molar-refractivity contribution in [3.8, 4) is 0 Å². The molecule has 180 valence electrons. The second-order valence-electron chi connectivity index (χ2n) is 13.0. The molecule has 0 aromatic heterocycles. The van der Waals surface area contributed by atoms with Crippen LogP contribution in [-0.4, -0.2) is 69.2 Å². The van der Waals surface area contributed by atoms with Crippen molar-refractivity contribution in [3.63, 3.8) is 0 Å². The zero-order chi connectivity index (χ0) is 21.7. The Morgan fingerprint density at radius 2 is 1.90 bits per heavy atom. The lowest BCUT2D eigenvalue weighted by atomic mass is 9.87. The normalized spacial score (nSPS) is 42.3. The van der Waals surface area contributed by atoms with Crippen molar-refractivity contribution in [2.75, 3.05) is 38.1 Å². The lowest BCUT2D eigenvalue weighted by Gasteiger charge is -2.55. The molecule has 2 saturated heterocycles. The fourth-order valence-electron chi connectivity index (χ4n) is 7.48. The first-order chi connectivity index (χ1) is 14.8. The highest BCUT2D eigenvalue weighted by molar-refractivity contribution is 8.33. The second kappa shape index (κ2) is 8.91. The molecule has 2 bridgehead atoms. The van der Waals surface area contributed by atoms with Gasteiger partial charge in [-0.05, 0) is 99.8 Å². The Balaban J connectivity index is 1.15. The molecule has 2 aliphatic heterocycles. The van der Waals surface area contributed by atoms with Crippen molar-refractivity contribution < 1.29 is 14.2 Å². The summed E-state index contributed by atoms with van der Waals surface area (Å²) < 4.78 is 17.7. The molecule has 3 aliphatic carbocycles. The second-order valence-corrected chi connectivity index (χ2v) is 22.6. The van der Waals surface area contributed by atoms with E-state index in [-0.39, 0.29) is 0 Å². The predicted octanol–water partition coefficient (Wildman–Crippen LogP) is 6.23. The molecule has 5 aliphatic rings. The van der Waals surface area contributed by atoms with Crippen LogP contribution in [-0.2, 0) is 14.2 Å². The standard InChI is InChI=1S/C26H48O3SSi/c1-30(2,12-9-20-6-7-24-25(15-20)29-24)26-10-8-21(16-26)14-23(17-26)31(3,4)13-5-11-27-18-22-19-28-22/h20-25H,5-19H2,1-4H3. The van der Waals surface area contributed by atoms with E-state index in [2.05, 4.69) is 25.6 Å². The number of fused-ring (bicyclic) bond motifs is 3. The number of hydrogen-bond donors (Lipinski definition) is 0. The van der Waals surface area contributed by atoms with Gasteiger partial charge >= 0.3 is 0 Å². The third-order valence-corrected chi connectivity index (χ3v) is 18.6. The van der Waals surface area contributed by atoms with Crippen LogP contribution in [0, 0.1) is 11.8 Å². The van der Waals surface area contributed by atoms with Gasteiger partial charge in [0.2, 0.25) is 0 Å². The summed E-state index contributed by atoms with van der Waals surface area (Å²) in [5.41, 5.74) is 1.04. The van der Waals surface area contributed by atoms with Gasteiger partial charge in [-0.3, -0.25) is 0 Å². The highest BCUT2D eigenvalue weighted by Gasteiger charge is 2.54. The van der Waals surface area contributed by atoms with E-state index in [1.54, 1.807) is 25.7 Å². The van der Waals surface area contributed by atoms with Gasteiger partial charge in [0, 0.05) is 11.4 Å². The summed E-state index contributed by atoms with van der Waals surface area (Å²) in [6.07, 6.45) is 21.9. The van der Waals surface area contributed by atoms with Crippen LogP contribution >= 0.6 is 10.0 Å². The van der Waals surface area contributed by atoms with E-state index in [0.29, 0.717) is 23.1 Å². The molecule has 0 amide bonds. The Kier molecular flexibility index (Phi) is 6.67. The van der Waals surface area contributed by atoms with Crippen molar-refractivity contribution in [1.29, 1.82) is 0 Å². The van der Waals surface area contributed by atoms with Gasteiger partial charge in [0.05, 0.1) is 33.5 Å². The number of hydrogen-bond acceptors (Lipinski definition) is 3. The van der Waals surface area contributed by atoms with Crippen molar-refractivity contribution >= 4 is 18.1 Å². The molecule has 0 spiro atoms. The molecule has 0 aromatic carbocycles. The monoisotopic (exact) mass is 468 g/mol. The molecule has 7 unspecified atom stereocenters. The summed E-state index contributed by atoms with van der Waals surface area (Å²) in [5.74, 6) is 3.51. The lowest BCUT2D eigenvalue weighted by molar-refractivity contribution is 0.117. The minimum absolute atomic E-state index is 0.413. The van der Waals surface area contributed by atoms with E-state index in [1.165, 1.54) is 50.3 Å². The first-order valence-corrected chi connectivity index (χ1v) is 19.2. The molecule has 2 heterocycles. The van der Waals surface area contributed by atoms with Gasteiger partial charge < -0.3 is 14.2 Å². The molecule has 31 heavy (non-hydrogen) atoms. The first kappa shape index (κ1) is 23.2. The summed E-state index contributed by atoms with van der Waals surface area (Å²) in [4.78, 5) is 0. The Hall–Kier alpha value is 0.447. The molecule has 5 heteroatoms. The topological polar surface area (TPSA) is 34.3 Å². The molecule has 3 saturated carbocycles. The number of rotatable bonds is 11. The average molecular weight is 469 g/mol. The van der Waals surface area contributed by atoms with E-state index in [9.17, 15) is 0 Å². The van der Waals surface area contributed by atoms with Crippen LogP contribution in [0.3, 0.4) is 0 Å². The maximum Gasteiger partial charge on any atom is 0.104 e. The number of epoxide rings is 2. The van der Waals surface area contributed by atoms with Crippen LogP contribution in [0.2, 0.25) is 24.7 Å². The van der Waals surface area contributed by atoms with Gasteiger partial charge in [-0.15, -0.1) is 0 Å². The van der Waals surface area contributed by atoms with Crippen LogP contribution in [0.15, 0.2) is 0 Å². The van der Waals surface area contributed by atoms with Crippen LogP contribution < -0.4 is 0 Å². The van der Waals surface area contributed by atoms with Crippen LogP contribution in [0.5, 0.6) is 0 Å². The van der Waals surface area contributed by atoms with Gasteiger partial charge in [0.15, 0.2) is 0 Å². The Labute approximate surface area is 194 Å². The molecule has 3 nitrogen and oxygen atoms in total. The van der Waals surface area contributed by atoms with E-state index in [4.69, 9.17) is 14.2 Å². The van der Waals surface area contributed by atoms with Crippen LogP contribution in [0.4, 0.5) is 0 Å². The molecule has 0 aromatic rings. The summed E-state index contributed by atoms with van der Waals surface area (Å²) in [6.45, 7) is 8.09. The Morgan fingerprint density at radius 1 is 1.06 bits per heavy atom. The third-order valence-electron chi connectivity index (χ3n) is 10.1. The smallest absolute Gasteiger partial charge is 0.104 e. The van der Waals surface area contributed by atoms with Gasteiger partial charge in [0.25, 0.3) is 0 Å². The van der Waals surface area contributed by atoms with Gasteiger partial charge in [-0.2, -0.15) is 0 Å². The maximum absolute atomic E-state index is 5.86. The van der Waals surface area contributed by atoms with E-state index in [1.807, 2.05) is 0 Å². The summed E-state index contributed by atoms with van der Waals surface area (Å²) in [7, 11) is -1.75. The van der Waals surface area contributed by atoms with E-state index >= 15 is 0 Å². The maximum atomic E-state index is 5.86. The molecule has 7 atom stereocenters. The zero-order valence-electron chi connectivity index (χ0n) is 20.7. The third kappa shape index (κ3) is 5.26. The van der Waals surface area contributed by atoms with Crippen LogP contribution in [0.25, 0.3) is 0 Å². The predicted molar refractivity (Wildman–Crippen MR) is 135 cm³/mol. The first-order valence-electron chi connectivity index (χ1n) is 13.3. The SMILES string of the molecule is C[Si](C)(CCCOCC1CO1)C1CC2CCC(S(C)(C)CCC3CCC4OC4C3)(C2)C1. The van der Waals surface area contributed by atoms with Crippen molar-refractivity contribution in [3.05, 3.63) is 0 Å². The fraction of sp³-hybridized carbons (Fsp3) is 1.00. The van der Waals surface area contributed by atoms with Crippen LogP contribution in [0.1, 0.15) is 64.2 Å². The summed E-state index contributed by atoms with van der Waals surface area (Å²) >= 11 is 0. The molecule has 5 fully saturated rings. The van der Waals surface area contributed by atoms with Crippen molar-refractivity contribution in [2.24, 2.45) is 11.8 Å². The Morgan fingerprint density at radius 3 is 2.68 bits per heavy atom.